The Labute approximate surface area is 101 Å². The van der Waals surface area contributed by atoms with E-state index in [4.69, 9.17) is 0 Å². The number of nitrogens with zero attached hydrogens (tertiary/aromatic N) is 3. The number of fused-ring (bicyclic) bond motifs is 1. The first-order valence-electron chi connectivity index (χ1n) is 5.95. The van der Waals surface area contributed by atoms with Gasteiger partial charge in [-0.15, -0.1) is 0 Å². The van der Waals surface area contributed by atoms with Crippen LogP contribution in [0, 0.1) is 0 Å². The van der Waals surface area contributed by atoms with E-state index in [9.17, 15) is 4.79 Å². The molecular weight excluding hydrogens is 216 g/mol. The van der Waals surface area contributed by atoms with Gasteiger partial charge in [-0.1, -0.05) is 6.92 Å². The van der Waals surface area contributed by atoms with E-state index >= 15 is 0 Å². The van der Waals surface area contributed by atoms with Gasteiger partial charge in [0.2, 0.25) is 6.41 Å². The van der Waals surface area contributed by atoms with Crippen molar-refractivity contribution >= 4 is 17.9 Å². The molecule has 5 heteroatoms. The smallest absolute Gasteiger partial charge is 0.211 e. The van der Waals surface area contributed by atoms with Gasteiger partial charge in [-0.25, -0.2) is 4.98 Å². The number of rotatable bonds is 4. The third-order valence-corrected chi connectivity index (χ3v) is 3.13. The molecule has 92 valence electrons. The monoisotopic (exact) mass is 234 g/mol. The van der Waals surface area contributed by atoms with E-state index in [-0.39, 0.29) is 0 Å². The molecule has 5 nitrogen and oxygen atoms in total. The lowest BCUT2D eigenvalue weighted by Crippen LogP contribution is -2.42. The summed E-state index contributed by atoms with van der Waals surface area (Å²) in [5.74, 6) is 0.990. The fourth-order valence-electron chi connectivity index (χ4n) is 2.15. The summed E-state index contributed by atoms with van der Waals surface area (Å²) in [4.78, 5) is 19.6. The first-order chi connectivity index (χ1) is 8.30. The summed E-state index contributed by atoms with van der Waals surface area (Å²) in [6, 6.07) is 1.85. The van der Waals surface area contributed by atoms with E-state index in [1.165, 1.54) is 0 Å². The minimum absolute atomic E-state index is 0.719. The summed E-state index contributed by atoms with van der Waals surface area (Å²) in [7, 11) is 0. The average molecular weight is 234 g/mol. The van der Waals surface area contributed by atoms with Gasteiger partial charge in [0.25, 0.3) is 0 Å². The number of nitrogens with one attached hydrogen (secondary N) is 1. The number of hydrogen-bond donors (Lipinski definition) is 1. The van der Waals surface area contributed by atoms with Crippen LogP contribution in [0.25, 0.3) is 0 Å². The predicted octanol–water partition coefficient (Wildman–Crippen LogP) is 1.27. The molecule has 0 saturated carbocycles. The van der Waals surface area contributed by atoms with Gasteiger partial charge in [0.1, 0.15) is 5.82 Å². The lowest BCUT2D eigenvalue weighted by molar-refractivity contribution is -0.105. The molecule has 0 aliphatic carbocycles. The van der Waals surface area contributed by atoms with Crippen LogP contribution in [-0.2, 0) is 11.3 Å². The van der Waals surface area contributed by atoms with Crippen molar-refractivity contribution < 1.29 is 4.79 Å². The van der Waals surface area contributed by atoms with E-state index in [1.54, 1.807) is 6.20 Å². The van der Waals surface area contributed by atoms with Crippen LogP contribution < -0.4 is 10.2 Å². The number of carbonyl (C=O) groups is 1. The van der Waals surface area contributed by atoms with Gasteiger partial charge < -0.3 is 10.2 Å². The molecule has 0 atom stereocenters. The lowest BCUT2D eigenvalue weighted by atomic mass is 10.1. The first-order valence-corrected chi connectivity index (χ1v) is 5.95. The molecule has 1 aliphatic heterocycles. The molecule has 17 heavy (non-hydrogen) atoms. The zero-order valence-corrected chi connectivity index (χ0v) is 10.3. The van der Waals surface area contributed by atoms with Crippen molar-refractivity contribution in [2.45, 2.75) is 20.4 Å². The van der Waals surface area contributed by atoms with Crippen molar-refractivity contribution in [2.75, 3.05) is 30.0 Å². The molecular formula is C12H18N4O. The molecule has 0 saturated heterocycles. The van der Waals surface area contributed by atoms with Gasteiger partial charge in [0.05, 0.1) is 12.4 Å². The molecule has 0 unspecified atom stereocenters. The predicted molar refractivity (Wildman–Crippen MR) is 67.9 cm³/mol. The second-order valence-electron chi connectivity index (χ2n) is 4.07. The van der Waals surface area contributed by atoms with Gasteiger partial charge in [0.15, 0.2) is 0 Å². The zero-order chi connectivity index (χ0) is 12.3. The summed E-state index contributed by atoms with van der Waals surface area (Å²) in [5.41, 5.74) is 1.97. The maximum Gasteiger partial charge on any atom is 0.211 e. The third kappa shape index (κ3) is 2.24. The minimum atomic E-state index is 0.719. The largest absolute Gasteiger partial charge is 0.344 e. The van der Waals surface area contributed by atoms with Crippen molar-refractivity contribution in [3.8, 4) is 0 Å². The molecule has 0 aromatic carbocycles. The summed E-state index contributed by atoms with van der Waals surface area (Å²) in [5, 5.41) is 2.75. The molecule has 1 aliphatic rings. The van der Waals surface area contributed by atoms with Gasteiger partial charge in [0, 0.05) is 24.8 Å². The summed E-state index contributed by atoms with van der Waals surface area (Å²) in [6.45, 7) is 7.91. The van der Waals surface area contributed by atoms with Crippen molar-refractivity contribution in [1.29, 1.82) is 0 Å². The van der Waals surface area contributed by atoms with E-state index in [2.05, 4.69) is 33.9 Å². The SMILES string of the molecule is CCN1Cc2c(NC=O)ccnc2N(CC)C1. The molecule has 1 amide bonds. The topological polar surface area (TPSA) is 48.5 Å². The molecule has 2 heterocycles. The maximum atomic E-state index is 10.6. The van der Waals surface area contributed by atoms with Crippen LogP contribution in [0.3, 0.4) is 0 Å². The van der Waals surface area contributed by atoms with Crippen LogP contribution in [0.1, 0.15) is 19.4 Å². The maximum absolute atomic E-state index is 10.6. The normalized spacial score (nSPS) is 15.5. The molecule has 0 radical (unpaired) electrons. The highest BCUT2D eigenvalue weighted by Crippen LogP contribution is 2.30. The molecule has 2 rings (SSSR count). The van der Waals surface area contributed by atoms with Crippen molar-refractivity contribution in [2.24, 2.45) is 0 Å². The Hall–Kier alpha value is -1.62. The Kier molecular flexibility index (Phi) is 3.58. The third-order valence-electron chi connectivity index (χ3n) is 3.13. The Balaban J connectivity index is 2.40. The standard InChI is InChI=1S/C12H18N4O/c1-3-15-7-10-11(14-8-17)5-6-13-12(10)16(4-2)9-15/h5-6,8H,3-4,7,9H2,1-2H3,(H,13,14,17). The second kappa shape index (κ2) is 5.14. The fourth-order valence-corrected chi connectivity index (χ4v) is 2.15. The van der Waals surface area contributed by atoms with Gasteiger partial charge >= 0.3 is 0 Å². The van der Waals surface area contributed by atoms with Gasteiger partial charge in [-0.2, -0.15) is 0 Å². The number of anilines is 2. The summed E-state index contributed by atoms with van der Waals surface area (Å²) in [6.07, 6.45) is 2.46. The van der Waals surface area contributed by atoms with E-state index in [1.807, 2.05) is 6.07 Å². The number of hydrogen-bond acceptors (Lipinski definition) is 4. The highest BCUT2D eigenvalue weighted by molar-refractivity contribution is 5.76. The Morgan fingerprint density at radius 1 is 1.47 bits per heavy atom. The number of aromatic nitrogens is 1. The van der Waals surface area contributed by atoms with Crippen molar-refractivity contribution in [1.82, 2.24) is 9.88 Å². The van der Waals surface area contributed by atoms with Crippen LogP contribution in [0.15, 0.2) is 12.3 Å². The molecule has 1 aromatic rings. The van der Waals surface area contributed by atoms with Gasteiger partial charge in [-0.05, 0) is 19.5 Å². The highest BCUT2D eigenvalue weighted by atomic mass is 16.1. The van der Waals surface area contributed by atoms with E-state index in [0.717, 1.165) is 49.8 Å². The molecule has 1 N–H and O–H groups in total. The quantitative estimate of drug-likeness (QED) is 0.797. The zero-order valence-electron chi connectivity index (χ0n) is 10.3. The lowest BCUT2D eigenvalue weighted by Gasteiger charge is -2.37. The van der Waals surface area contributed by atoms with Crippen molar-refractivity contribution in [3.63, 3.8) is 0 Å². The number of carbonyl (C=O) groups excluding carboxylic acids is 1. The van der Waals surface area contributed by atoms with E-state index < -0.39 is 0 Å². The number of pyridine rings is 1. The van der Waals surface area contributed by atoms with Crippen LogP contribution in [0.5, 0.6) is 0 Å². The first kappa shape index (κ1) is 11.9. The Morgan fingerprint density at radius 3 is 2.94 bits per heavy atom. The average Bonchev–Trinajstić information content (AvgIpc) is 2.38. The number of amides is 1. The van der Waals surface area contributed by atoms with Crippen LogP contribution in [0.4, 0.5) is 11.5 Å². The van der Waals surface area contributed by atoms with Crippen molar-refractivity contribution in [3.05, 3.63) is 17.8 Å². The second-order valence-corrected chi connectivity index (χ2v) is 4.07. The van der Waals surface area contributed by atoms with Crippen LogP contribution >= 0.6 is 0 Å². The Bertz CT molecular complexity index is 407. The molecule has 1 aromatic heterocycles. The molecule has 0 fully saturated rings. The Morgan fingerprint density at radius 2 is 2.29 bits per heavy atom. The molecule has 0 bridgehead atoms. The van der Waals surface area contributed by atoms with Crippen LogP contribution in [-0.4, -0.2) is 36.1 Å². The van der Waals surface area contributed by atoms with Gasteiger partial charge in [-0.3, -0.25) is 9.69 Å². The molecule has 0 spiro atoms. The summed E-state index contributed by atoms with van der Waals surface area (Å²) < 4.78 is 0. The van der Waals surface area contributed by atoms with Crippen LogP contribution in [0.2, 0.25) is 0 Å². The summed E-state index contributed by atoms with van der Waals surface area (Å²) >= 11 is 0. The fraction of sp³-hybridized carbons (Fsp3) is 0.500. The van der Waals surface area contributed by atoms with E-state index in [0.29, 0.717) is 0 Å². The highest BCUT2D eigenvalue weighted by Gasteiger charge is 2.23. The minimum Gasteiger partial charge on any atom is -0.344 e.